The Morgan fingerprint density at radius 2 is 1.80 bits per heavy atom. The molecular formula is C23H24N2O4S. The van der Waals surface area contributed by atoms with Crippen molar-refractivity contribution in [1.82, 2.24) is 9.21 Å². The molecule has 7 heteroatoms. The molecule has 0 aromatic heterocycles. The van der Waals surface area contributed by atoms with Gasteiger partial charge in [-0.3, -0.25) is 9.59 Å². The molecule has 1 unspecified atom stereocenters. The number of benzene rings is 2. The summed E-state index contributed by atoms with van der Waals surface area (Å²) in [6.07, 6.45) is 3.61. The molecule has 2 aromatic rings. The SMILES string of the molecule is CC(C1CC1)N(Cc1ccccc1)C(=O)c1ccc2c(c1)S(=O)(=O)N(C1CC1)C2=O. The fraction of sp³-hybridized carbons (Fsp3) is 0.391. The average Bonchev–Trinajstić information content (AvgIpc) is 3.65. The van der Waals surface area contributed by atoms with Crippen LogP contribution < -0.4 is 0 Å². The molecule has 2 aliphatic carbocycles. The lowest BCUT2D eigenvalue weighted by Crippen LogP contribution is -2.39. The van der Waals surface area contributed by atoms with Crippen molar-refractivity contribution in [3.8, 4) is 0 Å². The first-order valence-corrected chi connectivity index (χ1v) is 11.9. The van der Waals surface area contributed by atoms with E-state index in [1.54, 1.807) is 6.07 Å². The van der Waals surface area contributed by atoms with E-state index in [0.29, 0.717) is 30.9 Å². The van der Waals surface area contributed by atoms with E-state index >= 15 is 0 Å². The predicted octanol–water partition coefficient (Wildman–Crippen LogP) is 3.43. The molecule has 2 fully saturated rings. The Morgan fingerprint density at radius 1 is 1.10 bits per heavy atom. The predicted molar refractivity (Wildman–Crippen MR) is 111 cm³/mol. The Labute approximate surface area is 176 Å². The summed E-state index contributed by atoms with van der Waals surface area (Å²) in [5, 5.41) is 0. The summed E-state index contributed by atoms with van der Waals surface area (Å²) in [6.45, 7) is 2.52. The number of hydrogen-bond donors (Lipinski definition) is 0. The monoisotopic (exact) mass is 424 g/mol. The fourth-order valence-corrected chi connectivity index (χ4v) is 6.07. The Bertz CT molecular complexity index is 1120. The molecule has 2 aromatic carbocycles. The standard InChI is InChI=1S/C23H24N2O4S/c1-15(17-7-8-17)24(14-16-5-3-2-4-6-16)22(26)18-9-12-20-21(13-18)30(28,29)25(23(20)27)19-10-11-19/h2-6,9,12-13,15,17,19H,7-8,10-11,14H2,1H3. The Kier molecular flexibility index (Phi) is 4.47. The summed E-state index contributed by atoms with van der Waals surface area (Å²) in [7, 11) is -3.88. The summed E-state index contributed by atoms with van der Waals surface area (Å²) < 4.78 is 26.9. The zero-order valence-electron chi connectivity index (χ0n) is 16.8. The maximum atomic E-state index is 13.5. The number of hydrogen-bond acceptors (Lipinski definition) is 4. The van der Waals surface area contributed by atoms with Gasteiger partial charge in [0.2, 0.25) is 0 Å². The summed E-state index contributed by atoms with van der Waals surface area (Å²) in [4.78, 5) is 27.9. The van der Waals surface area contributed by atoms with Gasteiger partial charge < -0.3 is 4.90 Å². The van der Waals surface area contributed by atoms with Crippen LogP contribution in [0, 0.1) is 5.92 Å². The van der Waals surface area contributed by atoms with Crippen LogP contribution in [0.3, 0.4) is 0 Å². The third kappa shape index (κ3) is 3.21. The summed E-state index contributed by atoms with van der Waals surface area (Å²) in [5.74, 6) is -0.199. The van der Waals surface area contributed by atoms with Crippen molar-refractivity contribution in [2.75, 3.05) is 0 Å². The van der Waals surface area contributed by atoms with Crippen LogP contribution in [0.25, 0.3) is 0 Å². The van der Waals surface area contributed by atoms with Gasteiger partial charge in [-0.1, -0.05) is 30.3 Å². The molecule has 0 bridgehead atoms. The van der Waals surface area contributed by atoms with Crippen LogP contribution in [0.1, 0.15) is 58.9 Å². The molecule has 30 heavy (non-hydrogen) atoms. The van der Waals surface area contributed by atoms with Crippen LogP contribution in [0.5, 0.6) is 0 Å². The molecule has 0 N–H and O–H groups in total. The van der Waals surface area contributed by atoms with Gasteiger partial charge in [-0.2, -0.15) is 0 Å². The number of fused-ring (bicyclic) bond motifs is 1. The first-order chi connectivity index (χ1) is 14.4. The zero-order chi connectivity index (χ0) is 21.0. The molecule has 0 saturated heterocycles. The Hall–Kier alpha value is -2.67. The summed E-state index contributed by atoms with van der Waals surface area (Å²) in [5.41, 5.74) is 1.51. The van der Waals surface area contributed by atoms with Crippen molar-refractivity contribution in [2.45, 2.75) is 56.1 Å². The molecule has 2 amide bonds. The van der Waals surface area contributed by atoms with Crippen LogP contribution in [0.15, 0.2) is 53.4 Å². The highest BCUT2D eigenvalue weighted by atomic mass is 32.2. The quantitative estimate of drug-likeness (QED) is 0.712. The molecule has 0 radical (unpaired) electrons. The van der Waals surface area contributed by atoms with Gasteiger partial charge in [0.15, 0.2) is 0 Å². The zero-order valence-corrected chi connectivity index (χ0v) is 17.6. The molecule has 1 aliphatic heterocycles. The minimum atomic E-state index is -3.88. The van der Waals surface area contributed by atoms with Crippen molar-refractivity contribution in [1.29, 1.82) is 0 Å². The third-order valence-electron chi connectivity index (χ3n) is 6.33. The molecule has 6 nitrogen and oxygen atoms in total. The first kappa shape index (κ1) is 19.3. The Balaban J connectivity index is 1.49. The fourth-order valence-electron chi connectivity index (χ4n) is 4.23. The molecule has 1 atom stereocenters. The van der Waals surface area contributed by atoms with Crippen molar-refractivity contribution in [2.24, 2.45) is 5.92 Å². The number of carbonyl (C=O) groups excluding carboxylic acids is 2. The van der Waals surface area contributed by atoms with E-state index < -0.39 is 15.9 Å². The minimum Gasteiger partial charge on any atom is -0.331 e. The third-order valence-corrected chi connectivity index (χ3v) is 8.20. The number of nitrogens with zero attached hydrogens (tertiary/aromatic N) is 2. The number of sulfonamides is 1. The van der Waals surface area contributed by atoms with Gasteiger partial charge in [0, 0.05) is 24.2 Å². The summed E-state index contributed by atoms with van der Waals surface area (Å²) >= 11 is 0. The minimum absolute atomic E-state index is 0.0380. The van der Waals surface area contributed by atoms with Crippen LogP contribution >= 0.6 is 0 Å². The first-order valence-electron chi connectivity index (χ1n) is 10.5. The van der Waals surface area contributed by atoms with E-state index in [2.05, 4.69) is 6.92 Å². The van der Waals surface area contributed by atoms with E-state index in [9.17, 15) is 18.0 Å². The molecule has 2 saturated carbocycles. The van der Waals surface area contributed by atoms with E-state index in [1.807, 2.05) is 35.2 Å². The van der Waals surface area contributed by atoms with Gasteiger partial charge in [-0.25, -0.2) is 12.7 Å². The largest absolute Gasteiger partial charge is 0.331 e. The van der Waals surface area contributed by atoms with E-state index in [4.69, 9.17) is 0 Å². The smallest absolute Gasteiger partial charge is 0.269 e. The normalized spacial score (nSPS) is 20.7. The lowest BCUT2D eigenvalue weighted by atomic mass is 10.1. The van der Waals surface area contributed by atoms with Gasteiger partial charge in [0.05, 0.1) is 5.56 Å². The molecular weight excluding hydrogens is 400 g/mol. The molecule has 5 rings (SSSR count). The van der Waals surface area contributed by atoms with Crippen molar-refractivity contribution >= 4 is 21.8 Å². The lowest BCUT2D eigenvalue weighted by molar-refractivity contribution is 0.0653. The average molecular weight is 425 g/mol. The molecule has 3 aliphatic rings. The number of rotatable bonds is 6. The van der Waals surface area contributed by atoms with Gasteiger partial charge in [0.1, 0.15) is 4.90 Å². The van der Waals surface area contributed by atoms with Crippen molar-refractivity contribution < 1.29 is 18.0 Å². The highest BCUT2D eigenvalue weighted by molar-refractivity contribution is 7.90. The Morgan fingerprint density at radius 3 is 2.43 bits per heavy atom. The van der Waals surface area contributed by atoms with Crippen LogP contribution in [-0.4, -0.2) is 41.5 Å². The van der Waals surface area contributed by atoms with Crippen LogP contribution in [0.2, 0.25) is 0 Å². The maximum Gasteiger partial charge on any atom is 0.269 e. The van der Waals surface area contributed by atoms with Gasteiger partial charge >= 0.3 is 0 Å². The number of carbonyl (C=O) groups is 2. The molecule has 1 heterocycles. The second kappa shape index (κ2) is 6.94. The van der Waals surface area contributed by atoms with Crippen molar-refractivity contribution in [3.63, 3.8) is 0 Å². The second-order valence-corrected chi connectivity index (χ2v) is 10.3. The van der Waals surface area contributed by atoms with E-state index in [0.717, 1.165) is 22.7 Å². The van der Waals surface area contributed by atoms with E-state index in [1.165, 1.54) is 12.1 Å². The van der Waals surface area contributed by atoms with Crippen molar-refractivity contribution in [3.05, 3.63) is 65.2 Å². The van der Waals surface area contributed by atoms with Crippen LogP contribution in [-0.2, 0) is 16.6 Å². The molecule has 0 spiro atoms. The maximum absolute atomic E-state index is 13.5. The number of amides is 2. The van der Waals surface area contributed by atoms with Gasteiger partial charge in [0.25, 0.3) is 21.8 Å². The van der Waals surface area contributed by atoms with Crippen LogP contribution in [0.4, 0.5) is 0 Å². The van der Waals surface area contributed by atoms with Gasteiger partial charge in [-0.05, 0) is 62.3 Å². The topological polar surface area (TPSA) is 74.8 Å². The lowest BCUT2D eigenvalue weighted by Gasteiger charge is -2.30. The van der Waals surface area contributed by atoms with E-state index in [-0.39, 0.29) is 28.4 Å². The summed E-state index contributed by atoms with van der Waals surface area (Å²) in [6, 6.07) is 14.1. The highest BCUT2D eigenvalue weighted by Crippen LogP contribution is 2.40. The molecule has 156 valence electrons. The highest BCUT2D eigenvalue weighted by Gasteiger charge is 2.49. The second-order valence-electron chi connectivity index (χ2n) is 8.54. The van der Waals surface area contributed by atoms with Gasteiger partial charge in [-0.15, -0.1) is 0 Å².